The molecule has 1 unspecified atom stereocenters. The van der Waals surface area contributed by atoms with E-state index in [1.165, 1.54) is 23.5 Å². The van der Waals surface area contributed by atoms with Crippen LogP contribution >= 0.6 is 35.2 Å². The molecular weight excluding hydrogens is 462 g/mol. The number of rotatable bonds is 6. The Hall–Kier alpha value is -2.04. The van der Waals surface area contributed by atoms with E-state index in [4.69, 9.17) is 23.8 Å². The van der Waals surface area contributed by atoms with Crippen LogP contribution < -0.4 is 15.4 Å². The van der Waals surface area contributed by atoms with Crippen molar-refractivity contribution >= 4 is 72.0 Å². The molecule has 1 amide bonds. The molecule has 6 nitrogen and oxygen atoms in total. The van der Waals surface area contributed by atoms with Gasteiger partial charge in [-0.15, -0.1) is 11.3 Å². The zero-order chi connectivity index (χ0) is 21.9. The van der Waals surface area contributed by atoms with Crippen LogP contribution in [0.25, 0.3) is 10.1 Å². The van der Waals surface area contributed by atoms with Gasteiger partial charge in [-0.1, -0.05) is 36.7 Å². The summed E-state index contributed by atoms with van der Waals surface area (Å²) in [7, 11) is -3.58. The summed E-state index contributed by atoms with van der Waals surface area (Å²) in [5.74, 6) is -0.407. The van der Waals surface area contributed by atoms with Crippen LogP contribution in [0.5, 0.6) is 0 Å². The Morgan fingerprint density at radius 3 is 2.47 bits per heavy atom. The summed E-state index contributed by atoms with van der Waals surface area (Å²) in [6.07, 6.45) is 0.691. The summed E-state index contributed by atoms with van der Waals surface area (Å²) < 4.78 is 28.1. The van der Waals surface area contributed by atoms with E-state index in [0.29, 0.717) is 22.0 Å². The van der Waals surface area contributed by atoms with E-state index in [1.54, 1.807) is 19.1 Å². The van der Waals surface area contributed by atoms with E-state index in [0.717, 1.165) is 10.1 Å². The van der Waals surface area contributed by atoms with Crippen molar-refractivity contribution in [1.29, 1.82) is 0 Å². The molecule has 1 atom stereocenters. The summed E-state index contributed by atoms with van der Waals surface area (Å²) in [5, 5.41) is 6.76. The first-order valence-corrected chi connectivity index (χ1v) is 12.2. The Morgan fingerprint density at radius 2 is 1.83 bits per heavy atom. The van der Waals surface area contributed by atoms with Crippen LogP contribution in [0.3, 0.4) is 0 Å². The van der Waals surface area contributed by atoms with Crippen molar-refractivity contribution in [2.45, 2.75) is 31.2 Å². The van der Waals surface area contributed by atoms with Gasteiger partial charge in [0.2, 0.25) is 10.0 Å². The average Bonchev–Trinajstić information content (AvgIpc) is 3.05. The van der Waals surface area contributed by atoms with Gasteiger partial charge in [0, 0.05) is 21.8 Å². The van der Waals surface area contributed by atoms with E-state index in [1.807, 2.05) is 31.2 Å². The highest BCUT2D eigenvalue weighted by atomic mass is 35.5. The van der Waals surface area contributed by atoms with Gasteiger partial charge in [-0.2, -0.15) is 0 Å². The summed E-state index contributed by atoms with van der Waals surface area (Å²) in [4.78, 5) is 13.1. The van der Waals surface area contributed by atoms with Gasteiger partial charge < -0.3 is 5.32 Å². The molecule has 0 radical (unpaired) electrons. The van der Waals surface area contributed by atoms with Gasteiger partial charge in [0.1, 0.15) is 4.88 Å². The number of thiophene rings is 1. The number of nitrogens with one attached hydrogen (secondary N) is 3. The lowest BCUT2D eigenvalue weighted by molar-refractivity contribution is 0.0982. The van der Waals surface area contributed by atoms with Gasteiger partial charge in [0.05, 0.1) is 9.92 Å². The monoisotopic (exact) mass is 481 g/mol. The van der Waals surface area contributed by atoms with Crippen LogP contribution in [0.1, 0.15) is 29.9 Å². The van der Waals surface area contributed by atoms with Gasteiger partial charge in [-0.05, 0) is 55.9 Å². The van der Waals surface area contributed by atoms with Crippen molar-refractivity contribution < 1.29 is 13.2 Å². The van der Waals surface area contributed by atoms with Crippen molar-refractivity contribution in [3.8, 4) is 0 Å². The number of thiocarbonyl (C=S) groups is 1. The lowest BCUT2D eigenvalue weighted by Crippen LogP contribution is -2.34. The zero-order valence-electron chi connectivity index (χ0n) is 16.2. The molecule has 0 aliphatic carbocycles. The Labute approximate surface area is 189 Å². The molecule has 0 spiro atoms. The summed E-state index contributed by atoms with van der Waals surface area (Å²) >= 11 is 12.8. The van der Waals surface area contributed by atoms with E-state index in [2.05, 4.69) is 15.4 Å². The second-order valence-corrected chi connectivity index (χ2v) is 10.2. The normalized spacial score (nSPS) is 12.5. The van der Waals surface area contributed by atoms with Gasteiger partial charge in [0.25, 0.3) is 5.91 Å². The Kier molecular flexibility index (Phi) is 7.10. The molecule has 3 N–H and O–H groups in total. The minimum Gasteiger partial charge on any atom is -0.332 e. The molecular formula is C20H20ClN3O3S3. The molecule has 3 aromatic rings. The number of halogens is 1. The summed E-state index contributed by atoms with van der Waals surface area (Å²) in [5.41, 5.74) is 0.547. The van der Waals surface area contributed by atoms with Crippen LogP contribution in [0.2, 0.25) is 5.02 Å². The molecule has 0 saturated heterocycles. The van der Waals surface area contributed by atoms with Crippen molar-refractivity contribution in [3.05, 3.63) is 58.4 Å². The van der Waals surface area contributed by atoms with Gasteiger partial charge in [-0.3, -0.25) is 10.1 Å². The predicted octanol–water partition coefficient (Wildman–Crippen LogP) is 4.76. The highest BCUT2D eigenvalue weighted by molar-refractivity contribution is 7.89. The summed E-state index contributed by atoms with van der Waals surface area (Å²) in [6, 6.07) is 13.4. The third kappa shape index (κ3) is 5.16. The van der Waals surface area contributed by atoms with Crippen molar-refractivity contribution in [2.24, 2.45) is 0 Å². The van der Waals surface area contributed by atoms with Crippen molar-refractivity contribution in [1.82, 2.24) is 10.0 Å². The number of anilines is 1. The molecule has 0 aliphatic rings. The summed E-state index contributed by atoms with van der Waals surface area (Å²) in [6.45, 7) is 3.71. The first-order valence-electron chi connectivity index (χ1n) is 9.13. The number of hydrogen-bond acceptors (Lipinski definition) is 5. The highest BCUT2D eigenvalue weighted by Gasteiger charge is 2.19. The number of benzene rings is 2. The number of hydrogen-bond donors (Lipinski definition) is 3. The number of sulfonamides is 1. The Balaban J connectivity index is 1.66. The number of carbonyl (C=O) groups excluding carboxylic acids is 1. The predicted molar refractivity (Wildman–Crippen MR) is 127 cm³/mol. The van der Waals surface area contributed by atoms with Crippen LogP contribution in [-0.4, -0.2) is 25.5 Å². The van der Waals surface area contributed by atoms with Crippen molar-refractivity contribution in [2.75, 3.05) is 5.32 Å². The maximum Gasteiger partial charge on any atom is 0.269 e. The van der Waals surface area contributed by atoms with E-state index in [-0.39, 0.29) is 16.0 Å². The fourth-order valence-corrected chi connectivity index (χ4v) is 5.57. The molecule has 0 fully saturated rings. The fraction of sp³-hybridized carbons (Fsp3) is 0.200. The number of fused-ring (bicyclic) bond motifs is 1. The molecule has 0 saturated carbocycles. The largest absolute Gasteiger partial charge is 0.332 e. The minimum absolute atomic E-state index is 0.0851. The topological polar surface area (TPSA) is 87.3 Å². The second-order valence-electron chi connectivity index (χ2n) is 6.60. The maximum atomic E-state index is 12.6. The molecule has 158 valence electrons. The molecule has 0 bridgehead atoms. The smallest absolute Gasteiger partial charge is 0.269 e. The molecule has 1 heterocycles. The quantitative estimate of drug-likeness (QED) is 0.442. The lowest BCUT2D eigenvalue weighted by atomic mass is 10.2. The average molecular weight is 482 g/mol. The van der Waals surface area contributed by atoms with E-state index < -0.39 is 15.9 Å². The Bertz CT molecular complexity index is 1190. The molecule has 3 rings (SSSR count). The van der Waals surface area contributed by atoms with Gasteiger partial charge in [0.15, 0.2) is 5.11 Å². The van der Waals surface area contributed by atoms with Gasteiger partial charge in [-0.25, -0.2) is 13.1 Å². The first kappa shape index (κ1) is 22.6. The SMILES string of the molecule is CCC(C)NS(=O)(=O)c1ccc(NC(=S)NC(=O)c2sc3ccccc3c2Cl)cc1. The van der Waals surface area contributed by atoms with Gasteiger partial charge >= 0.3 is 0 Å². The lowest BCUT2D eigenvalue weighted by Gasteiger charge is -2.13. The van der Waals surface area contributed by atoms with Crippen molar-refractivity contribution in [3.63, 3.8) is 0 Å². The molecule has 30 heavy (non-hydrogen) atoms. The third-order valence-corrected chi connectivity index (χ3v) is 7.84. The molecule has 0 aliphatic heterocycles. The van der Waals surface area contributed by atoms with Crippen LogP contribution in [0, 0.1) is 0 Å². The van der Waals surface area contributed by atoms with Crippen LogP contribution in [-0.2, 0) is 10.0 Å². The standard InChI is InChI=1S/C20H20ClN3O3S3/c1-3-12(2)24-30(26,27)14-10-8-13(9-11-14)22-20(28)23-19(25)18-17(21)15-6-4-5-7-16(15)29-18/h4-12,24H,3H2,1-2H3,(H2,22,23,25,28). The maximum absolute atomic E-state index is 12.6. The Morgan fingerprint density at radius 1 is 1.17 bits per heavy atom. The highest BCUT2D eigenvalue weighted by Crippen LogP contribution is 2.34. The van der Waals surface area contributed by atoms with Crippen LogP contribution in [0.15, 0.2) is 53.4 Å². The number of amides is 1. The fourth-order valence-electron chi connectivity index (χ4n) is 2.62. The minimum atomic E-state index is -3.58. The second kappa shape index (κ2) is 9.40. The zero-order valence-corrected chi connectivity index (χ0v) is 19.4. The van der Waals surface area contributed by atoms with E-state index >= 15 is 0 Å². The molecule has 2 aromatic carbocycles. The first-order chi connectivity index (χ1) is 14.2. The van der Waals surface area contributed by atoms with E-state index in [9.17, 15) is 13.2 Å². The number of carbonyl (C=O) groups is 1. The molecule has 10 heteroatoms. The van der Waals surface area contributed by atoms with Crippen LogP contribution in [0.4, 0.5) is 5.69 Å². The molecule has 1 aromatic heterocycles. The third-order valence-electron chi connectivity index (χ3n) is 4.36.